The minimum absolute atomic E-state index is 0.111. The maximum Gasteiger partial charge on any atom is 0.522 e. The van der Waals surface area contributed by atoms with E-state index >= 15 is 0 Å². The molecule has 42 heavy (non-hydrogen) atoms. The number of benzene rings is 1. The lowest BCUT2D eigenvalue weighted by atomic mass is 9.81. The van der Waals surface area contributed by atoms with Gasteiger partial charge in [-0.15, -0.1) is 24.9 Å². The highest BCUT2D eigenvalue weighted by Crippen LogP contribution is 2.38. The van der Waals surface area contributed by atoms with Crippen LogP contribution in [0, 0.1) is 19.8 Å². The van der Waals surface area contributed by atoms with E-state index in [4.69, 9.17) is 0 Å². The van der Waals surface area contributed by atoms with Crippen LogP contribution >= 0.6 is 11.8 Å². The molecule has 7 nitrogen and oxygen atoms in total. The van der Waals surface area contributed by atoms with E-state index in [2.05, 4.69) is 31.8 Å². The van der Waals surface area contributed by atoms with Gasteiger partial charge in [-0.05, 0) is 84.6 Å². The van der Waals surface area contributed by atoms with Crippen LogP contribution in [0.25, 0.3) is 10.9 Å². The van der Waals surface area contributed by atoms with Crippen LogP contribution in [0.5, 0.6) is 0 Å². The van der Waals surface area contributed by atoms with Gasteiger partial charge in [-0.3, -0.25) is 14.3 Å². The van der Waals surface area contributed by atoms with Crippen LogP contribution in [-0.2, 0) is 11.3 Å². The van der Waals surface area contributed by atoms with Crippen LogP contribution in [0.4, 0.5) is 13.2 Å². The quantitative estimate of drug-likeness (QED) is 0.226. The molecule has 3 N–H and O–H groups in total. The fourth-order valence-corrected chi connectivity index (χ4v) is 7.01. The fourth-order valence-electron chi connectivity index (χ4n) is 6.31. The number of halogens is 3. The molecule has 3 aromatic rings. The largest absolute Gasteiger partial charge is 0.522 e. The number of aryl methyl sites for hydroxylation is 1. The number of alkyl halides is 3. The van der Waals surface area contributed by atoms with Gasteiger partial charge >= 0.3 is 6.36 Å². The third-order valence-corrected chi connectivity index (χ3v) is 9.12. The van der Waals surface area contributed by atoms with E-state index in [-0.39, 0.29) is 30.1 Å². The van der Waals surface area contributed by atoms with E-state index in [0.717, 1.165) is 52.9 Å². The molecular formula is C31H41F3N4O3S. The minimum atomic E-state index is -4.64. The number of hydrogen-bond acceptors (Lipinski definition) is 5. The van der Waals surface area contributed by atoms with Gasteiger partial charge < -0.3 is 20.2 Å². The van der Waals surface area contributed by atoms with Gasteiger partial charge in [0.05, 0.1) is 12.2 Å². The number of ether oxygens (including phenoxy) is 1. The lowest BCUT2D eigenvalue weighted by Crippen LogP contribution is -2.51. The van der Waals surface area contributed by atoms with Crippen molar-refractivity contribution in [1.29, 1.82) is 0 Å². The Hall–Kier alpha value is -2.76. The van der Waals surface area contributed by atoms with Crippen molar-refractivity contribution in [3.05, 3.63) is 63.2 Å². The van der Waals surface area contributed by atoms with Crippen LogP contribution in [0.2, 0.25) is 0 Å². The molecular weight excluding hydrogens is 565 g/mol. The van der Waals surface area contributed by atoms with E-state index in [0.29, 0.717) is 17.0 Å². The topological polar surface area (TPSA) is 88.2 Å². The second-order valence-corrected chi connectivity index (χ2v) is 12.8. The Kier molecular flexibility index (Phi) is 9.84. The minimum Gasteiger partial charge on any atom is -0.348 e. The third kappa shape index (κ3) is 7.41. The molecule has 1 amide bonds. The molecule has 0 bridgehead atoms. The van der Waals surface area contributed by atoms with Crippen molar-refractivity contribution in [2.45, 2.75) is 95.7 Å². The average molecular weight is 607 g/mol. The zero-order valence-electron chi connectivity index (χ0n) is 25.1. The Labute approximate surface area is 249 Å². The molecule has 11 heteroatoms. The molecule has 1 aliphatic carbocycles. The van der Waals surface area contributed by atoms with Crippen molar-refractivity contribution >= 4 is 28.6 Å². The first kappa shape index (κ1) is 32.2. The maximum atomic E-state index is 13.6. The average Bonchev–Trinajstić information content (AvgIpc) is 3.22. The molecule has 1 aliphatic rings. The summed E-state index contributed by atoms with van der Waals surface area (Å²) < 4.78 is 44.0. The van der Waals surface area contributed by atoms with Gasteiger partial charge in [-0.1, -0.05) is 18.2 Å². The van der Waals surface area contributed by atoms with E-state index in [1.807, 2.05) is 50.4 Å². The number of carbonyl (C=O) groups is 1. The highest BCUT2D eigenvalue weighted by Gasteiger charge is 2.35. The standard InChI is InChI=1S/C31H41F3N4O3S/c1-18-15-26(42-6)24(28(39)36-18)16-35-29(40)27-20(3)38(25-10-8-7-9-23(25)27)19(2)21-11-13-22(14-12-21)37-30(4,5)17-41-31(32,33)34/h7-10,15,19,21-22,37H,11-14,16-17H2,1-6H3,(H,35,40)(H,36,39)/t19-,21?,22?/m1/s1. The monoisotopic (exact) mass is 606 g/mol. The summed E-state index contributed by atoms with van der Waals surface area (Å²) in [5.41, 5.74) is 2.77. The first-order valence-electron chi connectivity index (χ1n) is 14.3. The number of aromatic amines is 1. The second kappa shape index (κ2) is 12.9. The number of thioether (sulfide) groups is 1. The smallest absolute Gasteiger partial charge is 0.348 e. The molecule has 1 fully saturated rings. The molecule has 1 aromatic carbocycles. The molecule has 0 spiro atoms. The van der Waals surface area contributed by atoms with Gasteiger partial charge in [-0.25, -0.2) is 0 Å². The van der Waals surface area contributed by atoms with Crippen molar-refractivity contribution < 1.29 is 22.7 Å². The molecule has 2 heterocycles. The van der Waals surface area contributed by atoms with Crippen molar-refractivity contribution in [2.75, 3.05) is 12.9 Å². The normalized spacial score (nSPS) is 18.8. The lowest BCUT2D eigenvalue weighted by Gasteiger charge is -2.38. The Morgan fingerprint density at radius 3 is 2.48 bits per heavy atom. The van der Waals surface area contributed by atoms with E-state index in [9.17, 15) is 22.8 Å². The van der Waals surface area contributed by atoms with Crippen molar-refractivity contribution in [3.8, 4) is 0 Å². The molecule has 2 aromatic heterocycles. The summed E-state index contributed by atoms with van der Waals surface area (Å²) in [6.07, 6.45) is 0.782. The third-order valence-electron chi connectivity index (χ3n) is 8.31. The first-order valence-corrected chi connectivity index (χ1v) is 15.6. The summed E-state index contributed by atoms with van der Waals surface area (Å²) in [4.78, 5) is 29.9. The van der Waals surface area contributed by atoms with Crippen molar-refractivity contribution in [2.24, 2.45) is 5.92 Å². The van der Waals surface area contributed by atoms with Crippen LogP contribution in [0.1, 0.15) is 79.8 Å². The number of rotatable bonds is 10. The van der Waals surface area contributed by atoms with Crippen LogP contribution in [0.15, 0.2) is 40.0 Å². The zero-order valence-corrected chi connectivity index (χ0v) is 25.9. The molecule has 0 radical (unpaired) electrons. The number of pyridine rings is 1. The van der Waals surface area contributed by atoms with Gasteiger partial charge in [-0.2, -0.15) is 0 Å². The van der Waals surface area contributed by atoms with Crippen LogP contribution in [-0.4, -0.2) is 46.3 Å². The summed E-state index contributed by atoms with van der Waals surface area (Å²) >= 11 is 1.48. The van der Waals surface area contributed by atoms with Gasteiger partial charge in [0.2, 0.25) is 0 Å². The molecule has 0 unspecified atom stereocenters. The predicted molar refractivity (Wildman–Crippen MR) is 161 cm³/mol. The number of nitrogens with zero attached hydrogens (tertiary/aromatic N) is 1. The van der Waals surface area contributed by atoms with Crippen molar-refractivity contribution in [1.82, 2.24) is 20.2 Å². The zero-order chi connectivity index (χ0) is 30.8. The SMILES string of the molecule is CSc1cc(C)[nH]c(=O)c1CNC(=O)c1c(C)n([C@H](C)C2CCC(NC(C)(C)COC(F)(F)F)CC2)c2ccccc12. The number of amides is 1. The molecule has 0 aliphatic heterocycles. The number of aromatic nitrogens is 2. The van der Waals surface area contributed by atoms with Crippen LogP contribution < -0.4 is 16.2 Å². The lowest BCUT2D eigenvalue weighted by molar-refractivity contribution is -0.329. The second-order valence-electron chi connectivity index (χ2n) is 12.0. The molecule has 1 saturated carbocycles. The highest BCUT2D eigenvalue weighted by molar-refractivity contribution is 7.98. The van der Waals surface area contributed by atoms with E-state index in [1.165, 1.54) is 11.8 Å². The van der Waals surface area contributed by atoms with Crippen LogP contribution in [0.3, 0.4) is 0 Å². The predicted octanol–water partition coefficient (Wildman–Crippen LogP) is 6.62. The highest BCUT2D eigenvalue weighted by atomic mass is 32.2. The number of hydrogen-bond donors (Lipinski definition) is 3. The summed E-state index contributed by atoms with van der Waals surface area (Å²) in [5, 5.41) is 7.21. The van der Waals surface area contributed by atoms with E-state index in [1.54, 1.807) is 13.8 Å². The Morgan fingerprint density at radius 2 is 1.83 bits per heavy atom. The summed E-state index contributed by atoms with van der Waals surface area (Å²) in [5.74, 6) is 0.121. The summed E-state index contributed by atoms with van der Waals surface area (Å²) in [6.45, 7) is 9.12. The number of nitrogens with one attached hydrogen (secondary N) is 3. The van der Waals surface area contributed by atoms with Gasteiger partial charge in [0.1, 0.15) is 0 Å². The molecule has 0 saturated heterocycles. The number of fused-ring (bicyclic) bond motifs is 1. The Balaban J connectivity index is 1.49. The molecule has 1 atom stereocenters. The Morgan fingerprint density at radius 1 is 1.17 bits per heavy atom. The van der Waals surface area contributed by atoms with Gasteiger partial charge in [0.15, 0.2) is 0 Å². The van der Waals surface area contributed by atoms with Gasteiger partial charge in [0, 0.05) is 56.9 Å². The summed E-state index contributed by atoms with van der Waals surface area (Å²) in [6, 6.07) is 10.0. The first-order chi connectivity index (χ1) is 19.7. The maximum absolute atomic E-state index is 13.6. The summed E-state index contributed by atoms with van der Waals surface area (Å²) in [7, 11) is 0. The van der Waals surface area contributed by atoms with E-state index < -0.39 is 18.5 Å². The molecule has 230 valence electrons. The number of carbonyl (C=O) groups excluding carboxylic acids is 1. The number of para-hydroxylation sites is 1. The van der Waals surface area contributed by atoms with Crippen molar-refractivity contribution in [3.63, 3.8) is 0 Å². The fraction of sp³-hybridized carbons (Fsp3) is 0.548. The number of H-pyrrole nitrogens is 1. The Bertz CT molecular complexity index is 1470. The molecule has 4 rings (SSSR count). The van der Waals surface area contributed by atoms with Gasteiger partial charge in [0.25, 0.3) is 11.5 Å².